The molecule has 5 nitrogen and oxygen atoms in total. The summed E-state index contributed by atoms with van der Waals surface area (Å²) in [6, 6.07) is 12.5. The highest BCUT2D eigenvalue weighted by Gasteiger charge is 2.43. The molecule has 2 aliphatic rings. The highest BCUT2D eigenvalue weighted by Crippen LogP contribution is 2.47. The second kappa shape index (κ2) is 6.50. The van der Waals surface area contributed by atoms with Crippen LogP contribution in [0, 0.1) is 5.92 Å². The molecule has 0 spiro atoms. The molecule has 1 saturated heterocycles. The van der Waals surface area contributed by atoms with Gasteiger partial charge < -0.3 is 4.74 Å². The van der Waals surface area contributed by atoms with E-state index in [9.17, 15) is 0 Å². The van der Waals surface area contributed by atoms with E-state index in [2.05, 4.69) is 39.8 Å². The fourth-order valence-corrected chi connectivity index (χ4v) is 4.81. The Balaban J connectivity index is 1.45. The number of methoxy groups -OCH3 is 1. The molecule has 3 heterocycles. The zero-order valence-corrected chi connectivity index (χ0v) is 15.8. The predicted octanol–water partition coefficient (Wildman–Crippen LogP) is 3.26. The van der Waals surface area contributed by atoms with Crippen LogP contribution in [0.2, 0.25) is 0 Å². The average Bonchev–Trinajstić information content (AvgIpc) is 3.33. The number of rotatable bonds is 4. The van der Waals surface area contributed by atoms with Gasteiger partial charge in [-0.15, -0.1) is 0 Å². The number of hydrogen-bond acceptors (Lipinski definition) is 4. The smallest absolute Gasteiger partial charge is 0.119 e. The van der Waals surface area contributed by atoms with Crippen molar-refractivity contribution < 1.29 is 4.74 Å². The van der Waals surface area contributed by atoms with Gasteiger partial charge >= 0.3 is 0 Å². The van der Waals surface area contributed by atoms with Crippen LogP contribution in [0.25, 0.3) is 11.3 Å². The number of likely N-dealkylation sites (tertiary alicyclic amines) is 1. The van der Waals surface area contributed by atoms with E-state index in [1.165, 1.54) is 16.8 Å². The van der Waals surface area contributed by atoms with Crippen LogP contribution in [-0.4, -0.2) is 39.9 Å². The summed E-state index contributed by atoms with van der Waals surface area (Å²) in [5.41, 5.74) is 6.42. The van der Waals surface area contributed by atoms with E-state index < -0.39 is 0 Å². The Bertz CT molecular complexity index is 966. The molecule has 138 valence electrons. The highest BCUT2D eigenvalue weighted by atomic mass is 16.5. The average molecular weight is 360 g/mol. The van der Waals surface area contributed by atoms with Crippen LogP contribution in [-0.2, 0) is 20.0 Å². The van der Waals surface area contributed by atoms with Gasteiger partial charge in [-0.1, -0.05) is 18.2 Å². The minimum atomic E-state index is 0.562. The highest BCUT2D eigenvalue weighted by molar-refractivity contribution is 5.68. The third-order valence-electron chi connectivity index (χ3n) is 6.02. The minimum absolute atomic E-state index is 0.562. The summed E-state index contributed by atoms with van der Waals surface area (Å²) < 4.78 is 7.52. The van der Waals surface area contributed by atoms with Gasteiger partial charge in [0.05, 0.1) is 12.8 Å². The predicted molar refractivity (Wildman–Crippen MR) is 105 cm³/mol. The van der Waals surface area contributed by atoms with Crippen molar-refractivity contribution in [3.05, 3.63) is 65.6 Å². The maximum Gasteiger partial charge on any atom is 0.119 e. The molecule has 3 aromatic rings. The van der Waals surface area contributed by atoms with E-state index in [1.54, 1.807) is 7.11 Å². The van der Waals surface area contributed by atoms with Gasteiger partial charge in [-0.2, -0.15) is 5.10 Å². The third-order valence-corrected chi connectivity index (χ3v) is 6.02. The molecule has 0 radical (unpaired) electrons. The third kappa shape index (κ3) is 2.82. The van der Waals surface area contributed by atoms with Crippen LogP contribution in [0.5, 0.6) is 5.75 Å². The number of pyridine rings is 1. The van der Waals surface area contributed by atoms with E-state index in [0.717, 1.165) is 43.1 Å². The number of aromatic nitrogens is 3. The maximum atomic E-state index is 5.42. The maximum absolute atomic E-state index is 5.42. The van der Waals surface area contributed by atoms with Crippen molar-refractivity contribution in [2.75, 3.05) is 20.2 Å². The van der Waals surface area contributed by atoms with Gasteiger partial charge in [-0.05, 0) is 36.1 Å². The second-order valence-corrected chi connectivity index (χ2v) is 7.69. The zero-order chi connectivity index (χ0) is 18.4. The van der Waals surface area contributed by atoms with Crippen molar-refractivity contribution in [3.63, 3.8) is 0 Å². The van der Waals surface area contributed by atoms with Crippen LogP contribution in [0.3, 0.4) is 0 Å². The fraction of sp³-hybridized carbons (Fsp3) is 0.364. The Kier molecular flexibility index (Phi) is 3.97. The monoisotopic (exact) mass is 360 g/mol. The van der Waals surface area contributed by atoms with Crippen LogP contribution >= 0.6 is 0 Å². The van der Waals surface area contributed by atoms with Crippen molar-refractivity contribution in [3.8, 4) is 17.0 Å². The Labute approximate surface area is 159 Å². The van der Waals surface area contributed by atoms with E-state index in [1.807, 2.05) is 30.6 Å². The van der Waals surface area contributed by atoms with Crippen molar-refractivity contribution in [2.45, 2.75) is 18.9 Å². The van der Waals surface area contributed by atoms with Crippen molar-refractivity contribution in [1.29, 1.82) is 0 Å². The topological polar surface area (TPSA) is 43.2 Å². The molecule has 1 aliphatic carbocycles. The molecular formula is C22H24N4O. The molecule has 0 N–H and O–H groups in total. The molecule has 1 aromatic carbocycles. The van der Waals surface area contributed by atoms with Gasteiger partial charge in [-0.3, -0.25) is 14.6 Å². The van der Waals surface area contributed by atoms with Gasteiger partial charge in [0.15, 0.2) is 0 Å². The number of aryl methyl sites for hydroxylation is 1. The van der Waals surface area contributed by atoms with Gasteiger partial charge in [0.25, 0.3) is 0 Å². The molecule has 2 aromatic heterocycles. The quantitative estimate of drug-likeness (QED) is 0.716. The van der Waals surface area contributed by atoms with Crippen molar-refractivity contribution in [2.24, 2.45) is 13.0 Å². The summed E-state index contributed by atoms with van der Waals surface area (Å²) in [4.78, 5) is 6.82. The van der Waals surface area contributed by atoms with E-state index >= 15 is 0 Å². The first-order chi connectivity index (χ1) is 13.2. The standard InChI is InChI=1S/C22H24N4O/c1-25-20-10-17-13-26(12-15-5-4-8-23-11-15)14-19(17)21(20)22(24-25)16-6-3-7-18(9-16)27-2/h3-9,11,17,19H,10,12-14H2,1-2H3/t17-,19+/m0/s1. The Morgan fingerprint density at radius 2 is 2.11 bits per heavy atom. The summed E-state index contributed by atoms with van der Waals surface area (Å²) >= 11 is 0. The molecule has 5 heteroatoms. The zero-order valence-electron chi connectivity index (χ0n) is 15.8. The van der Waals surface area contributed by atoms with Crippen LogP contribution in [0.15, 0.2) is 48.8 Å². The first-order valence-corrected chi connectivity index (χ1v) is 9.54. The van der Waals surface area contributed by atoms with Crippen LogP contribution < -0.4 is 4.74 Å². The molecule has 0 saturated carbocycles. The summed E-state index contributed by atoms with van der Waals surface area (Å²) in [6.07, 6.45) is 4.94. The number of ether oxygens (including phenoxy) is 1. The Morgan fingerprint density at radius 3 is 2.93 bits per heavy atom. The van der Waals surface area contributed by atoms with Crippen LogP contribution in [0.4, 0.5) is 0 Å². The number of nitrogens with zero attached hydrogens (tertiary/aromatic N) is 4. The molecule has 5 rings (SSSR count). The molecule has 1 fully saturated rings. The molecular weight excluding hydrogens is 336 g/mol. The number of hydrogen-bond donors (Lipinski definition) is 0. The molecule has 0 unspecified atom stereocenters. The lowest BCUT2D eigenvalue weighted by atomic mass is 9.94. The van der Waals surface area contributed by atoms with Gasteiger partial charge in [0, 0.05) is 61.8 Å². The second-order valence-electron chi connectivity index (χ2n) is 7.69. The SMILES string of the molecule is COc1cccc(-c2nn(C)c3c2[C@@H]2CN(Cc4cccnc4)C[C@@H]2C3)c1. The van der Waals surface area contributed by atoms with Gasteiger partial charge in [0.1, 0.15) is 5.75 Å². The molecule has 0 amide bonds. The number of fused-ring (bicyclic) bond motifs is 3. The minimum Gasteiger partial charge on any atom is -0.497 e. The summed E-state index contributed by atoms with van der Waals surface area (Å²) in [5, 5.41) is 4.88. The fourth-order valence-electron chi connectivity index (χ4n) is 4.81. The first kappa shape index (κ1) is 16.5. The summed E-state index contributed by atoms with van der Waals surface area (Å²) in [5.74, 6) is 2.13. The normalized spacial score (nSPS) is 21.3. The summed E-state index contributed by atoms with van der Waals surface area (Å²) in [6.45, 7) is 3.21. The Hall–Kier alpha value is -2.66. The van der Waals surface area contributed by atoms with Gasteiger partial charge in [0.2, 0.25) is 0 Å². The van der Waals surface area contributed by atoms with Crippen molar-refractivity contribution >= 4 is 0 Å². The van der Waals surface area contributed by atoms with Crippen molar-refractivity contribution in [1.82, 2.24) is 19.7 Å². The van der Waals surface area contributed by atoms with E-state index in [4.69, 9.17) is 9.84 Å². The molecule has 27 heavy (non-hydrogen) atoms. The lowest BCUT2D eigenvalue weighted by Gasteiger charge is -2.16. The lowest BCUT2D eigenvalue weighted by Crippen LogP contribution is -2.21. The molecule has 0 bridgehead atoms. The lowest BCUT2D eigenvalue weighted by molar-refractivity contribution is 0.313. The van der Waals surface area contributed by atoms with E-state index in [0.29, 0.717) is 11.8 Å². The first-order valence-electron chi connectivity index (χ1n) is 9.54. The van der Waals surface area contributed by atoms with Crippen LogP contribution in [0.1, 0.15) is 22.7 Å². The van der Waals surface area contributed by atoms with E-state index in [-0.39, 0.29) is 0 Å². The Morgan fingerprint density at radius 1 is 1.19 bits per heavy atom. The number of benzene rings is 1. The summed E-state index contributed by atoms with van der Waals surface area (Å²) in [7, 11) is 3.79. The molecule has 2 atom stereocenters. The van der Waals surface area contributed by atoms with Gasteiger partial charge in [-0.25, -0.2) is 0 Å². The largest absolute Gasteiger partial charge is 0.497 e. The molecule has 1 aliphatic heterocycles.